The molecule has 162 valence electrons. The summed E-state index contributed by atoms with van der Waals surface area (Å²) in [4.78, 5) is 25.8. The molecule has 0 aliphatic carbocycles. The minimum atomic E-state index is -2.07. The van der Waals surface area contributed by atoms with Crippen molar-refractivity contribution in [2.24, 2.45) is 0 Å². The number of nitrogens with one attached hydrogen (secondary N) is 1. The van der Waals surface area contributed by atoms with Crippen LogP contribution in [-0.4, -0.2) is 36.5 Å². The Balaban J connectivity index is 1.66. The molecule has 30 heavy (non-hydrogen) atoms. The van der Waals surface area contributed by atoms with Crippen LogP contribution in [0.15, 0.2) is 48.5 Å². The van der Waals surface area contributed by atoms with E-state index in [-0.39, 0.29) is 11.9 Å². The number of benzene rings is 2. The van der Waals surface area contributed by atoms with Crippen LogP contribution in [0.2, 0.25) is 0 Å². The summed E-state index contributed by atoms with van der Waals surface area (Å²) < 4.78 is 5.60. The van der Waals surface area contributed by atoms with Crippen molar-refractivity contribution in [2.75, 3.05) is 30.0 Å². The molecule has 1 N–H and O–H groups in total. The molecule has 0 radical (unpaired) electrons. The van der Waals surface area contributed by atoms with Gasteiger partial charge in [-0.3, -0.25) is 0 Å². The quantitative estimate of drug-likeness (QED) is 0.481. The second kappa shape index (κ2) is 10.7. The molecule has 0 bridgehead atoms. The van der Waals surface area contributed by atoms with E-state index in [4.69, 9.17) is 4.74 Å². The fourth-order valence-electron chi connectivity index (χ4n) is 4.53. The summed E-state index contributed by atoms with van der Waals surface area (Å²) in [6.45, 7) is 4.34. The van der Waals surface area contributed by atoms with E-state index >= 15 is 0 Å². The number of ether oxygens (including phenoxy) is 1. The SMILES string of the molecule is Cc1cccc(C)c1NC(=O)C[PH]1(CC(=O)OCc2ccccc2)CCCCCC1. The molecule has 1 amide bonds. The zero-order valence-electron chi connectivity index (χ0n) is 18.2. The molecule has 2 aromatic rings. The Hall–Kier alpha value is -2.19. The number of hydrogen-bond acceptors (Lipinski definition) is 3. The molecule has 0 saturated carbocycles. The van der Waals surface area contributed by atoms with E-state index < -0.39 is 7.26 Å². The second-order valence-electron chi connectivity index (χ2n) is 8.73. The molecule has 5 heteroatoms. The van der Waals surface area contributed by atoms with Crippen molar-refractivity contribution in [3.05, 3.63) is 65.2 Å². The summed E-state index contributed by atoms with van der Waals surface area (Å²) in [5.41, 5.74) is 4.05. The Morgan fingerprint density at radius 2 is 1.50 bits per heavy atom. The number of rotatable bonds is 7. The van der Waals surface area contributed by atoms with Gasteiger partial charge in [0.15, 0.2) is 0 Å². The van der Waals surface area contributed by atoms with Crippen molar-refractivity contribution in [3.63, 3.8) is 0 Å². The van der Waals surface area contributed by atoms with Gasteiger partial charge in [0, 0.05) is 0 Å². The average molecular weight is 428 g/mol. The van der Waals surface area contributed by atoms with E-state index in [0.717, 1.165) is 47.5 Å². The van der Waals surface area contributed by atoms with Gasteiger partial charge in [-0.25, -0.2) is 0 Å². The summed E-state index contributed by atoms with van der Waals surface area (Å²) >= 11 is 0. The Bertz CT molecular complexity index is 838. The summed E-state index contributed by atoms with van der Waals surface area (Å²) in [7, 11) is -2.07. The molecule has 0 atom stereocenters. The predicted molar refractivity (Wildman–Crippen MR) is 127 cm³/mol. The molecule has 1 aliphatic rings. The molecule has 2 aromatic carbocycles. The van der Waals surface area contributed by atoms with E-state index in [1.165, 1.54) is 12.8 Å². The first kappa shape index (κ1) is 22.5. The molecule has 1 heterocycles. The van der Waals surface area contributed by atoms with Crippen LogP contribution in [-0.2, 0) is 20.9 Å². The Kier molecular flexibility index (Phi) is 8.04. The van der Waals surface area contributed by atoms with Crippen LogP contribution in [0.25, 0.3) is 0 Å². The first-order valence-electron chi connectivity index (χ1n) is 11.0. The summed E-state index contributed by atoms with van der Waals surface area (Å²) in [5, 5.41) is 3.15. The van der Waals surface area contributed by atoms with E-state index in [9.17, 15) is 9.59 Å². The third-order valence-corrected chi connectivity index (χ3v) is 11.1. The monoisotopic (exact) mass is 427 g/mol. The fraction of sp³-hybridized carbons (Fsp3) is 0.440. The van der Waals surface area contributed by atoms with E-state index in [0.29, 0.717) is 18.9 Å². The van der Waals surface area contributed by atoms with Crippen molar-refractivity contribution < 1.29 is 14.3 Å². The maximum atomic E-state index is 13.0. The Morgan fingerprint density at radius 3 is 2.13 bits per heavy atom. The number of aryl methyl sites for hydroxylation is 2. The first-order valence-corrected chi connectivity index (χ1v) is 13.9. The standard InChI is InChI=1S/C25H34NO3P/c1-20-11-10-12-21(2)25(20)26-23(27)18-30(15-8-3-4-9-16-30)19-24(28)29-17-22-13-6-5-7-14-22/h5-7,10-14,30H,3-4,8-9,15-19H2,1-2H3,(H,26,27). The molecular weight excluding hydrogens is 393 g/mol. The van der Waals surface area contributed by atoms with Crippen molar-refractivity contribution in [3.8, 4) is 0 Å². The number of anilines is 1. The number of amides is 1. The Morgan fingerprint density at radius 1 is 0.867 bits per heavy atom. The average Bonchev–Trinajstić information content (AvgIpc) is 2.95. The number of hydrogen-bond donors (Lipinski definition) is 1. The second-order valence-corrected chi connectivity index (χ2v) is 13.4. The molecule has 0 spiro atoms. The van der Waals surface area contributed by atoms with Gasteiger partial charge in [0.2, 0.25) is 0 Å². The fourth-order valence-corrected chi connectivity index (χ4v) is 9.09. The van der Waals surface area contributed by atoms with Gasteiger partial charge in [-0.15, -0.1) is 0 Å². The van der Waals surface area contributed by atoms with E-state index in [2.05, 4.69) is 5.32 Å². The zero-order chi connectivity index (χ0) is 21.4. The predicted octanol–water partition coefficient (Wildman–Crippen LogP) is 5.31. The minimum absolute atomic E-state index is 0.0526. The summed E-state index contributed by atoms with van der Waals surface area (Å²) in [5.74, 6) is -0.0934. The van der Waals surface area contributed by atoms with Crippen molar-refractivity contribution in [1.82, 2.24) is 0 Å². The van der Waals surface area contributed by atoms with Gasteiger partial charge in [0.05, 0.1) is 0 Å². The third-order valence-electron chi connectivity index (χ3n) is 6.21. The van der Waals surface area contributed by atoms with Crippen LogP contribution < -0.4 is 5.32 Å². The zero-order valence-corrected chi connectivity index (χ0v) is 19.2. The van der Waals surface area contributed by atoms with Gasteiger partial charge in [-0.1, -0.05) is 0 Å². The van der Waals surface area contributed by atoms with Gasteiger partial charge >= 0.3 is 180 Å². The molecule has 0 aromatic heterocycles. The van der Waals surface area contributed by atoms with Crippen LogP contribution in [0, 0.1) is 13.8 Å². The topological polar surface area (TPSA) is 55.4 Å². The maximum absolute atomic E-state index is 13.0. The van der Waals surface area contributed by atoms with E-state index in [1.54, 1.807) is 0 Å². The molecule has 0 unspecified atom stereocenters. The van der Waals surface area contributed by atoms with Crippen LogP contribution >= 0.6 is 7.26 Å². The molecule has 1 fully saturated rings. The third kappa shape index (κ3) is 6.40. The number of para-hydroxylation sites is 1. The van der Waals surface area contributed by atoms with Crippen LogP contribution in [0.1, 0.15) is 42.4 Å². The van der Waals surface area contributed by atoms with Gasteiger partial charge in [-0.05, 0) is 0 Å². The number of carbonyl (C=O) groups excluding carboxylic acids is 2. The van der Waals surface area contributed by atoms with Gasteiger partial charge < -0.3 is 0 Å². The van der Waals surface area contributed by atoms with Gasteiger partial charge in [0.1, 0.15) is 0 Å². The summed E-state index contributed by atoms with van der Waals surface area (Å²) in [6, 6.07) is 15.8. The molecular formula is C25H34NO3P. The molecule has 1 aliphatic heterocycles. The Labute approximate surface area is 180 Å². The molecule has 3 rings (SSSR count). The summed E-state index contributed by atoms with van der Waals surface area (Å²) in [6.07, 6.45) is 7.66. The van der Waals surface area contributed by atoms with Gasteiger partial charge in [-0.2, -0.15) is 0 Å². The van der Waals surface area contributed by atoms with Crippen molar-refractivity contribution in [2.45, 2.75) is 46.1 Å². The normalized spacial score (nSPS) is 16.9. The number of esters is 1. The van der Waals surface area contributed by atoms with Crippen LogP contribution in [0.3, 0.4) is 0 Å². The van der Waals surface area contributed by atoms with E-state index in [1.807, 2.05) is 62.4 Å². The van der Waals surface area contributed by atoms with Crippen molar-refractivity contribution in [1.29, 1.82) is 0 Å². The van der Waals surface area contributed by atoms with Crippen LogP contribution in [0.4, 0.5) is 5.69 Å². The number of carbonyl (C=O) groups is 2. The van der Waals surface area contributed by atoms with Crippen molar-refractivity contribution >= 4 is 24.8 Å². The molecule has 1 saturated heterocycles. The van der Waals surface area contributed by atoms with Crippen LogP contribution in [0.5, 0.6) is 0 Å². The first-order chi connectivity index (χ1) is 14.5. The molecule has 4 nitrogen and oxygen atoms in total. The van der Waals surface area contributed by atoms with Gasteiger partial charge in [0.25, 0.3) is 0 Å².